The standard InChI is InChI=1S/C22H21ClN6O.ClH/c1-14-3-4-15(11-20(14)23)13-25-21-19-12-17(24-2)5-6-18(19)22(27-26-21)29-9-7-16(28-30)8-10-29;/h3-6,11-12,30H,7-10,13H2,1H3,(H,25,26);1H. The van der Waals surface area contributed by atoms with Crippen molar-refractivity contribution in [1.82, 2.24) is 10.2 Å². The van der Waals surface area contributed by atoms with E-state index in [1.165, 1.54) is 0 Å². The number of anilines is 2. The minimum Gasteiger partial charge on any atom is -0.411 e. The molecule has 0 bridgehead atoms. The van der Waals surface area contributed by atoms with E-state index in [1.807, 2.05) is 37.3 Å². The number of aryl methyl sites for hydroxylation is 1. The van der Waals surface area contributed by atoms with E-state index in [9.17, 15) is 0 Å². The number of halogens is 2. The van der Waals surface area contributed by atoms with Gasteiger partial charge in [0, 0.05) is 48.3 Å². The zero-order valence-corrected chi connectivity index (χ0v) is 18.5. The average molecular weight is 457 g/mol. The number of fused-ring (bicyclic) bond motifs is 1. The molecule has 0 spiro atoms. The van der Waals surface area contributed by atoms with E-state index < -0.39 is 0 Å². The fourth-order valence-corrected chi connectivity index (χ4v) is 3.77. The largest absolute Gasteiger partial charge is 0.411 e. The van der Waals surface area contributed by atoms with Crippen LogP contribution in [0.25, 0.3) is 15.6 Å². The third kappa shape index (κ3) is 4.82. The molecular weight excluding hydrogens is 435 g/mol. The molecule has 9 heteroatoms. The van der Waals surface area contributed by atoms with Gasteiger partial charge >= 0.3 is 0 Å². The molecule has 1 saturated heterocycles. The van der Waals surface area contributed by atoms with Crippen LogP contribution in [0, 0.1) is 13.5 Å². The highest BCUT2D eigenvalue weighted by Gasteiger charge is 2.20. The highest BCUT2D eigenvalue weighted by atomic mass is 35.5. The molecule has 0 aliphatic carbocycles. The zero-order chi connectivity index (χ0) is 21.1. The van der Waals surface area contributed by atoms with Gasteiger partial charge < -0.3 is 15.4 Å². The summed E-state index contributed by atoms with van der Waals surface area (Å²) in [7, 11) is 0. The summed E-state index contributed by atoms with van der Waals surface area (Å²) >= 11 is 6.24. The summed E-state index contributed by atoms with van der Waals surface area (Å²) in [5.74, 6) is 1.41. The Morgan fingerprint density at radius 3 is 2.61 bits per heavy atom. The van der Waals surface area contributed by atoms with E-state index in [0.29, 0.717) is 44.0 Å². The topological polar surface area (TPSA) is 78.0 Å². The number of nitrogens with zero attached hydrogens (tertiary/aromatic N) is 5. The minimum absolute atomic E-state index is 0. The quantitative estimate of drug-likeness (QED) is 0.303. The lowest BCUT2D eigenvalue weighted by atomic mass is 10.1. The number of rotatable bonds is 4. The second-order valence-corrected chi connectivity index (χ2v) is 7.71. The maximum Gasteiger partial charge on any atom is 0.188 e. The third-order valence-electron chi connectivity index (χ3n) is 5.35. The number of hydrogen-bond donors (Lipinski definition) is 2. The molecule has 1 aromatic heterocycles. The molecule has 0 unspecified atom stereocenters. The molecule has 3 aromatic rings. The van der Waals surface area contributed by atoms with Crippen LogP contribution in [0.3, 0.4) is 0 Å². The number of piperidine rings is 1. The molecule has 4 rings (SSSR count). The Hall–Kier alpha value is -3.08. The normalized spacial score (nSPS) is 13.5. The van der Waals surface area contributed by atoms with Gasteiger partial charge in [0.15, 0.2) is 17.3 Å². The van der Waals surface area contributed by atoms with E-state index in [-0.39, 0.29) is 12.4 Å². The average Bonchev–Trinajstić information content (AvgIpc) is 2.79. The van der Waals surface area contributed by atoms with Crippen molar-refractivity contribution in [2.24, 2.45) is 5.16 Å². The maximum absolute atomic E-state index is 9.00. The van der Waals surface area contributed by atoms with Crippen LogP contribution in [-0.2, 0) is 6.54 Å². The predicted molar refractivity (Wildman–Crippen MR) is 127 cm³/mol. The van der Waals surface area contributed by atoms with Crippen molar-refractivity contribution in [3.05, 3.63) is 64.0 Å². The predicted octanol–water partition coefficient (Wildman–Crippen LogP) is 5.61. The van der Waals surface area contributed by atoms with Crippen LogP contribution in [0.15, 0.2) is 41.6 Å². The van der Waals surface area contributed by atoms with Crippen LogP contribution in [0.4, 0.5) is 17.3 Å². The smallest absolute Gasteiger partial charge is 0.188 e. The van der Waals surface area contributed by atoms with Crippen molar-refractivity contribution in [1.29, 1.82) is 0 Å². The lowest BCUT2D eigenvalue weighted by molar-refractivity contribution is 0.315. The molecule has 2 N–H and O–H groups in total. The zero-order valence-electron chi connectivity index (χ0n) is 17.0. The summed E-state index contributed by atoms with van der Waals surface area (Å²) in [6, 6.07) is 11.5. The van der Waals surface area contributed by atoms with Crippen molar-refractivity contribution < 1.29 is 5.21 Å². The Balaban J connectivity index is 0.00000272. The van der Waals surface area contributed by atoms with E-state index in [2.05, 4.69) is 30.4 Å². The van der Waals surface area contributed by atoms with Gasteiger partial charge in [0.2, 0.25) is 0 Å². The highest BCUT2D eigenvalue weighted by Crippen LogP contribution is 2.33. The first kappa shape index (κ1) is 22.6. The van der Waals surface area contributed by atoms with Gasteiger partial charge in [-0.3, -0.25) is 0 Å². The molecule has 2 aromatic carbocycles. The molecule has 1 aliphatic rings. The molecule has 1 aliphatic heterocycles. The Morgan fingerprint density at radius 2 is 1.94 bits per heavy atom. The van der Waals surface area contributed by atoms with Gasteiger partial charge in [-0.2, -0.15) is 0 Å². The lowest BCUT2D eigenvalue weighted by Crippen LogP contribution is -2.34. The van der Waals surface area contributed by atoms with Gasteiger partial charge in [0.1, 0.15) is 0 Å². The summed E-state index contributed by atoms with van der Waals surface area (Å²) < 4.78 is 0. The van der Waals surface area contributed by atoms with Crippen LogP contribution in [0.2, 0.25) is 5.02 Å². The number of nitrogens with one attached hydrogen (secondary N) is 1. The highest BCUT2D eigenvalue weighted by molar-refractivity contribution is 6.31. The monoisotopic (exact) mass is 456 g/mol. The Morgan fingerprint density at radius 1 is 1.16 bits per heavy atom. The van der Waals surface area contributed by atoms with Crippen LogP contribution < -0.4 is 10.2 Å². The van der Waals surface area contributed by atoms with Gasteiger partial charge in [0.05, 0.1) is 12.3 Å². The number of hydrogen-bond acceptors (Lipinski definition) is 6. The van der Waals surface area contributed by atoms with Crippen molar-refractivity contribution in [3.8, 4) is 0 Å². The summed E-state index contributed by atoms with van der Waals surface area (Å²) in [4.78, 5) is 5.71. The molecule has 160 valence electrons. The fourth-order valence-electron chi connectivity index (χ4n) is 3.57. The first-order valence-corrected chi connectivity index (χ1v) is 10.1. The third-order valence-corrected chi connectivity index (χ3v) is 5.76. The molecule has 0 amide bonds. The van der Waals surface area contributed by atoms with E-state index >= 15 is 0 Å². The molecule has 0 radical (unpaired) electrons. The first-order valence-electron chi connectivity index (χ1n) is 9.70. The Kier molecular flexibility index (Phi) is 7.16. The number of oxime groups is 1. The minimum atomic E-state index is 0. The van der Waals surface area contributed by atoms with Crippen molar-refractivity contribution >= 4 is 57.8 Å². The SMILES string of the molecule is Cl.[C-]#[N+]c1ccc2c(N3CCC(=NO)CC3)nnc(NCc3ccc(C)c(Cl)c3)c2c1. The summed E-state index contributed by atoms with van der Waals surface area (Å²) in [5, 5.41) is 27.1. The van der Waals surface area contributed by atoms with Gasteiger partial charge in [-0.1, -0.05) is 41.0 Å². The maximum atomic E-state index is 9.00. The van der Waals surface area contributed by atoms with Crippen LogP contribution >= 0.6 is 24.0 Å². The first-order chi connectivity index (χ1) is 14.6. The molecule has 7 nitrogen and oxygen atoms in total. The van der Waals surface area contributed by atoms with E-state index in [4.69, 9.17) is 23.4 Å². The lowest BCUT2D eigenvalue weighted by Gasteiger charge is -2.29. The van der Waals surface area contributed by atoms with Gasteiger partial charge in [-0.05, 0) is 30.2 Å². The van der Waals surface area contributed by atoms with E-state index in [0.717, 1.165) is 38.5 Å². The van der Waals surface area contributed by atoms with Crippen molar-refractivity contribution in [3.63, 3.8) is 0 Å². The molecule has 0 saturated carbocycles. The van der Waals surface area contributed by atoms with Crippen molar-refractivity contribution in [2.45, 2.75) is 26.3 Å². The summed E-state index contributed by atoms with van der Waals surface area (Å²) in [6.45, 7) is 11.3. The van der Waals surface area contributed by atoms with Crippen LogP contribution in [0.5, 0.6) is 0 Å². The van der Waals surface area contributed by atoms with E-state index in [1.54, 1.807) is 6.07 Å². The van der Waals surface area contributed by atoms with Crippen molar-refractivity contribution in [2.75, 3.05) is 23.3 Å². The number of aromatic nitrogens is 2. The van der Waals surface area contributed by atoms with Gasteiger partial charge in [-0.25, -0.2) is 4.85 Å². The summed E-state index contributed by atoms with van der Waals surface area (Å²) in [6.07, 6.45) is 1.38. The molecule has 31 heavy (non-hydrogen) atoms. The van der Waals surface area contributed by atoms with Crippen LogP contribution in [0.1, 0.15) is 24.0 Å². The molecule has 1 fully saturated rings. The summed E-state index contributed by atoms with van der Waals surface area (Å²) in [5.41, 5.74) is 3.43. The second-order valence-electron chi connectivity index (χ2n) is 7.30. The second kappa shape index (κ2) is 9.82. The molecule has 2 heterocycles. The molecular formula is C22H22Cl2N6O. The fraction of sp³-hybridized carbons (Fsp3) is 0.273. The Bertz CT molecular complexity index is 1160. The van der Waals surface area contributed by atoms with Crippen LogP contribution in [-0.4, -0.2) is 34.2 Å². The Labute approximate surface area is 192 Å². The van der Waals surface area contributed by atoms with Gasteiger partial charge in [-0.15, -0.1) is 22.6 Å². The number of benzene rings is 2. The molecule has 0 atom stereocenters. The van der Waals surface area contributed by atoms with Gasteiger partial charge in [0.25, 0.3) is 0 Å².